The van der Waals surface area contributed by atoms with Crippen molar-refractivity contribution in [1.29, 1.82) is 0 Å². The predicted octanol–water partition coefficient (Wildman–Crippen LogP) is 1.84. The van der Waals surface area contributed by atoms with Crippen molar-refractivity contribution in [1.82, 2.24) is 9.80 Å². The third-order valence-corrected chi connectivity index (χ3v) is 3.97. The van der Waals surface area contributed by atoms with E-state index in [0.29, 0.717) is 6.04 Å². The highest BCUT2D eigenvalue weighted by Gasteiger charge is 2.31. The Morgan fingerprint density at radius 1 is 1.35 bits per heavy atom. The number of hydrogen-bond donors (Lipinski definition) is 1. The van der Waals surface area contributed by atoms with Crippen LogP contribution in [0.25, 0.3) is 6.08 Å². The number of hydrogen-bond acceptors (Lipinski definition) is 3. The number of aliphatic hydroxyl groups excluding tert-OH is 1. The first kappa shape index (κ1) is 15.2. The molecular formula is C16H23FN2O. The lowest BCUT2D eigenvalue weighted by molar-refractivity contribution is 0.170. The molecule has 0 unspecified atom stereocenters. The summed E-state index contributed by atoms with van der Waals surface area (Å²) in [6, 6.07) is 7.21. The molecule has 2 rings (SSSR count). The second-order valence-electron chi connectivity index (χ2n) is 5.60. The van der Waals surface area contributed by atoms with Crippen molar-refractivity contribution in [3.05, 3.63) is 41.7 Å². The summed E-state index contributed by atoms with van der Waals surface area (Å²) in [4.78, 5) is 4.51. The Morgan fingerprint density at radius 3 is 2.65 bits per heavy atom. The average Bonchev–Trinajstić information content (AvgIpc) is 2.84. The maximum Gasteiger partial charge on any atom is 0.123 e. The lowest BCUT2D eigenvalue weighted by Crippen LogP contribution is -2.34. The molecule has 0 spiro atoms. The van der Waals surface area contributed by atoms with Crippen molar-refractivity contribution < 1.29 is 9.50 Å². The Morgan fingerprint density at radius 2 is 2.05 bits per heavy atom. The van der Waals surface area contributed by atoms with Crippen molar-refractivity contribution in [3.8, 4) is 0 Å². The summed E-state index contributed by atoms with van der Waals surface area (Å²) in [7, 11) is 4.16. The maximum absolute atomic E-state index is 12.8. The standard InChI is InChI=1S/C16H23FN2O/c1-18(2)15-10-16(12-20)19(11-15)9-3-4-13-5-7-14(17)8-6-13/h3-8,15-16,20H,9-12H2,1-2H3/b4-3+/t15-,16+/m1/s1. The van der Waals surface area contributed by atoms with Crippen LogP contribution in [0.1, 0.15) is 12.0 Å². The van der Waals surface area contributed by atoms with Gasteiger partial charge in [0.05, 0.1) is 6.61 Å². The highest BCUT2D eigenvalue weighted by Crippen LogP contribution is 2.20. The zero-order valence-electron chi connectivity index (χ0n) is 12.2. The van der Waals surface area contributed by atoms with E-state index in [4.69, 9.17) is 0 Å². The molecule has 0 amide bonds. The van der Waals surface area contributed by atoms with E-state index in [1.54, 1.807) is 12.1 Å². The van der Waals surface area contributed by atoms with Gasteiger partial charge in [-0.15, -0.1) is 0 Å². The van der Waals surface area contributed by atoms with Crippen LogP contribution < -0.4 is 0 Å². The molecule has 1 aromatic carbocycles. The molecule has 1 aliphatic rings. The van der Waals surface area contributed by atoms with E-state index in [-0.39, 0.29) is 18.5 Å². The largest absolute Gasteiger partial charge is 0.395 e. The summed E-state index contributed by atoms with van der Waals surface area (Å²) in [5.41, 5.74) is 0.996. The zero-order valence-corrected chi connectivity index (χ0v) is 12.2. The molecule has 0 radical (unpaired) electrons. The van der Waals surface area contributed by atoms with Crippen LogP contribution in [0.2, 0.25) is 0 Å². The second kappa shape index (κ2) is 6.97. The smallest absolute Gasteiger partial charge is 0.123 e. The monoisotopic (exact) mass is 278 g/mol. The lowest BCUT2D eigenvalue weighted by Gasteiger charge is -2.21. The Balaban J connectivity index is 1.90. The van der Waals surface area contributed by atoms with Gasteiger partial charge in [-0.3, -0.25) is 4.90 Å². The molecule has 1 aliphatic heterocycles. The van der Waals surface area contributed by atoms with Crippen LogP contribution in [0.15, 0.2) is 30.3 Å². The molecular weight excluding hydrogens is 255 g/mol. The first-order chi connectivity index (χ1) is 9.60. The molecule has 1 fully saturated rings. The van der Waals surface area contributed by atoms with Gasteiger partial charge in [0.1, 0.15) is 5.82 Å². The highest BCUT2D eigenvalue weighted by atomic mass is 19.1. The van der Waals surface area contributed by atoms with Gasteiger partial charge in [0.2, 0.25) is 0 Å². The van der Waals surface area contributed by atoms with E-state index in [1.807, 2.05) is 6.08 Å². The summed E-state index contributed by atoms with van der Waals surface area (Å²) in [5.74, 6) is -0.212. The Labute approximate surface area is 120 Å². The van der Waals surface area contributed by atoms with Gasteiger partial charge in [0.25, 0.3) is 0 Å². The summed E-state index contributed by atoms with van der Waals surface area (Å²) in [6.45, 7) is 1.99. The van der Waals surface area contributed by atoms with E-state index < -0.39 is 0 Å². The third-order valence-electron chi connectivity index (χ3n) is 3.97. The van der Waals surface area contributed by atoms with Crippen LogP contribution in [0.5, 0.6) is 0 Å². The minimum atomic E-state index is -0.212. The van der Waals surface area contributed by atoms with Crippen molar-refractivity contribution >= 4 is 6.08 Å². The van der Waals surface area contributed by atoms with Crippen molar-refractivity contribution in [2.75, 3.05) is 33.8 Å². The minimum absolute atomic E-state index is 0.203. The number of benzene rings is 1. The average molecular weight is 278 g/mol. The summed E-state index contributed by atoms with van der Waals surface area (Å²) in [5, 5.41) is 9.46. The zero-order chi connectivity index (χ0) is 14.5. The van der Waals surface area contributed by atoms with Crippen LogP contribution in [0, 0.1) is 5.82 Å². The molecule has 20 heavy (non-hydrogen) atoms. The van der Waals surface area contributed by atoms with E-state index in [1.165, 1.54) is 12.1 Å². The fraction of sp³-hybridized carbons (Fsp3) is 0.500. The molecule has 0 saturated carbocycles. The topological polar surface area (TPSA) is 26.7 Å². The van der Waals surface area contributed by atoms with Crippen LogP contribution in [0.3, 0.4) is 0 Å². The Hall–Kier alpha value is -1.23. The summed E-state index contributed by atoms with van der Waals surface area (Å²) < 4.78 is 12.8. The second-order valence-corrected chi connectivity index (χ2v) is 5.60. The number of nitrogens with zero attached hydrogens (tertiary/aromatic N) is 2. The van der Waals surface area contributed by atoms with Crippen LogP contribution in [-0.4, -0.2) is 60.8 Å². The molecule has 110 valence electrons. The molecule has 1 aromatic rings. The third kappa shape index (κ3) is 3.88. The molecule has 3 nitrogen and oxygen atoms in total. The van der Waals surface area contributed by atoms with Crippen LogP contribution in [-0.2, 0) is 0 Å². The molecule has 1 heterocycles. The predicted molar refractivity (Wildman–Crippen MR) is 80.0 cm³/mol. The number of likely N-dealkylation sites (tertiary alicyclic amines) is 1. The van der Waals surface area contributed by atoms with Crippen LogP contribution in [0.4, 0.5) is 4.39 Å². The van der Waals surface area contributed by atoms with Crippen molar-refractivity contribution in [2.24, 2.45) is 0 Å². The van der Waals surface area contributed by atoms with Gasteiger partial charge < -0.3 is 10.0 Å². The summed E-state index contributed by atoms with van der Waals surface area (Å²) in [6.07, 6.45) is 5.08. The highest BCUT2D eigenvalue weighted by molar-refractivity contribution is 5.48. The number of likely N-dealkylation sites (N-methyl/N-ethyl adjacent to an activating group) is 1. The summed E-state index contributed by atoms with van der Waals surface area (Å²) >= 11 is 0. The van der Waals surface area contributed by atoms with Gasteiger partial charge >= 0.3 is 0 Å². The van der Waals surface area contributed by atoms with E-state index in [2.05, 4.69) is 30.0 Å². The van der Waals surface area contributed by atoms with Gasteiger partial charge in [-0.05, 0) is 38.2 Å². The molecule has 0 bridgehead atoms. The van der Waals surface area contributed by atoms with Gasteiger partial charge in [-0.25, -0.2) is 4.39 Å². The number of aliphatic hydroxyl groups is 1. The van der Waals surface area contributed by atoms with Gasteiger partial charge in [-0.2, -0.15) is 0 Å². The first-order valence-corrected chi connectivity index (χ1v) is 7.03. The molecule has 1 saturated heterocycles. The Kier molecular flexibility index (Phi) is 5.29. The van der Waals surface area contributed by atoms with Gasteiger partial charge in [0, 0.05) is 25.2 Å². The lowest BCUT2D eigenvalue weighted by atomic mass is 10.1. The quantitative estimate of drug-likeness (QED) is 0.890. The van der Waals surface area contributed by atoms with Crippen molar-refractivity contribution in [2.45, 2.75) is 18.5 Å². The van der Waals surface area contributed by atoms with E-state index >= 15 is 0 Å². The van der Waals surface area contributed by atoms with E-state index in [0.717, 1.165) is 25.1 Å². The molecule has 0 aromatic heterocycles. The van der Waals surface area contributed by atoms with Gasteiger partial charge in [0.15, 0.2) is 0 Å². The van der Waals surface area contributed by atoms with Crippen molar-refractivity contribution in [3.63, 3.8) is 0 Å². The van der Waals surface area contributed by atoms with Gasteiger partial charge in [-0.1, -0.05) is 24.3 Å². The van der Waals surface area contributed by atoms with E-state index in [9.17, 15) is 9.50 Å². The molecule has 2 atom stereocenters. The molecule has 0 aliphatic carbocycles. The van der Waals surface area contributed by atoms with Crippen LogP contribution >= 0.6 is 0 Å². The number of halogens is 1. The SMILES string of the molecule is CN(C)[C@@H]1C[C@@H](CO)N(C/C=C/c2ccc(F)cc2)C1. The maximum atomic E-state index is 12.8. The fourth-order valence-electron chi connectivity index (χ4n) is 2.64. The normalized spacial score (nSPS) is 24.1. The fourth-order valence-corrected chi connectivity index (χ4v) is 2.64. The number of rotatable bonds is 5. The molecule has 4 heteroatoms. The molecule has 1 N–H and O–H groups in total. The Bertz CT molecular complexity index is 444. The first-order valence-electron chi connectivity index (χ1n) is 7.03. The minimum Gasteiger partial charge on any atom is -0.395 e.